The van der Waals surface area contributed by atoms with E-state index in [1.165, 1.54) is 0 Å². The molecule has 0 aliphatic heterocycles. The van der Waals surface area contributed by atoms with Crippen molar-refractivity contribution in [1.82, 2.24) is 0 Å². The first-order valence-corrected chi connectivity index (χ1v) is 6.66. The minimum absolute atomic E-state index is 0.0974. The van der Waals surface area contributed by atoms with Gasteiger partial charge in [-0.05, 0) is 60.3 Å². The lowest BCUT2D eigenvalue weighted by atomic mass is 9.94. The summed E-state index contributed by atoms with van der Waals surface area (Å²) in [5.41, 5.74) is 8.61. The largest absolute Gasteiger partial charge is 0.398 e. The Balaban J connectivity index is 2.97. The highest BCUT2D eigenvalue weighted by atomic mass is 79.9. The zero-order chi connectivity index (χ0) is 13.1. The summed E-state index contributed by atoms with van der Waals surface area (Å²) in [5.74, 6) is 0. The average Bonchev–Trinajstić information content (AvgIpc) is 2.26. The van der Waals surface area contributed by atoms with E-state index in [0.29, 0.717) is 0 Å². The van der Waals surface area contributed by atoms with E-state index >= 15 is 0 Å². The summed E-state index contributed by atoms with van der Waals surface area (Å²) in [6, 6.07) is 3.94. The average molecular weight is 301 g/mol. The Labute approximate surface area is 112 Å². The molecule has 1 rings (SSSR count). The molecular formula is C13H21BrN2O. The second-order valence-electron chi connectivity index (χ2n) is 4.70. The van der Waals surface area contributed by atoms with Gasteiger partial charge in [-0.25, -0.2) is 0 Å². The van der Waals surface area contributed by atoms with E-state index in [9.17, 15) is 0 Å². The van der Waals surface area contributed by atoms with Crippen molar-refractivity contribution < 1.29 is 5.11 Å². The molecule has 0 aliphatic rings. The Kier molecular flexibility index (Phi) is 4.83. The van der Waals surface area contributed by atoms with Crippen molar-refractivity contribution >= 4 is 27.3 Å². The molecule has 96 valence electrons. The van der Waals surface area contributed by atoms with Gasteiger partial charge in [0.1, 0.15) is 0 Å². The van der Waals surface area contributed by atoms with Gasteiger partial charge in [-0.1, -0.05) is 6.92 Å². The summed E-state index contributed by atoms with van der Waals surface area (Å²) >= 11 is 3.51. The molecule has 4 heteroatoms. The maximum Gasteiger partial charge on any atom is 0.0493 e. The molecular weight excluding hydrogens is 280 g/mol. The molecule has 0 heterocycles. The van der Waals surface area contributed by atoms with Crippen LogP contribution in [0.25, 0.3) is 0 Å². The summed E-state index contributed by atoms with van der Waals surface area (Å²) in [4.78, 5) is 0. The smallest absolute Gasteiger partial charge is 0.0493 e. The molecule has 0 amide bonds. The summed E-state index contributed by atoms with van der Waals surface area (Å²) < 4.78 is 0.957. The highest BCUT2D eigenvalue weighted by Gasteiger charge is 2.22. The first-order chi connectivity index (χ1) is 7.91. The molecule has 1 aromatic rings. The third-order valence-corrected chi connectivity index (χ3v) is 3.89. The third-order valence-electron chi connectivity index (χ3n) is 3.24. The van der Waals surface area contributed by atoms with Crippen molar-refractivity contribution in [2.75, 3.05) is 17.7 Å². The van der Waals surface area contributed by atoms with Gasteiger partial charge in [-0.3, -0.25) is 0 Å². The van der Waals surface area contributed by atoms with Crippen molar-refractivity contribution in [3.05, 3.63) is 22.2 Å². The summed E-state index contributed by atoms with van der Waals surface area (Å²) in [7, 11) is 0. The maximum absolute atomic E-state index is 9.11. The highest BCUT2D eigenvalue weighted by molar-refractivity contribution is 9.10. The van der Waals surface area contributed by atoms with Crippen LogP contribution in [0.1, 0.15) is 32.3 Å². The lowest BCUT2D eigenvalue weighted by molar-refractivity contribution is 0.252. The maximum atomic E-state index is 9.11. The highest BCUT2D eigenvalue weighted by Crippen LogP contribution is 2.31. The SMILES string of the molecule is CCC(C)(CCO)Nc1cc(C)c(N)cc1Br. The Bertz CT molecular complexity index is 395. The van der Waals surface area contributed by atoms with Gasteiger partial charge in [0.2, 0.25) is 0 Å². The van der Waals surface area contributed by atoms with Crippen LogP contribution in [-0.2, 0) is 0 Å². The van der Waals surface area contributed by atoms with E-state index in [1.54, 1.807) is 0 Å². The van der Waals surface area contributed by atoms with Gasteiger partial charge in [0.05, 0.1) is 0 Å². The van der Waals surface area contributed by atoms with E-state index in [-0.39, 0.29) is 12.1 Å². The molecule has 0 fully saturated rings. The first kappa shape index (κ1) is 14.3. The van der Waals surface area contributed by atoms with Crippen LogP contribution in [0.4, 0.5) is 11.4 Å². The Morgan fingerprint density at radius 2 is 2.12 bits per heavy atom. The van der Waals surface area contributed by atoms with Crippen LogP contribution >= 0.6 is 15.9 Å². The van der Waals surface area contributed by atoms with Gasteiger partial charge in [0.25, 0.3) is 0 Å². The first-order valence-electron chi connectivity index (χ1n) is 5.86. The summed E-state index contributed by atoms with van der Waals surface area (Å²) in [5, 5.41) is 12.6. The number of nitrogens with two attached hydrogens (primary N) is 1. The quantitative estimate of drug-likeness (QED) is 0.731. The van der Waals surface area contributed by atoms with Gasteiger partial charge in [0.15, 0.2) is 0 Å². The standard InChI is InChI=1S/C13H21BrN2O/c1-4-13(3,5-6-17)16-12-7-9(2)11(15)8-10(12)14/h7-8,16-17H,4-6,15H2,1-3H3. The molecule has 4 N–H and O–H groups in total. The van der Waals surface area contributed by atoms with E-state index in [4.69, 9.17) is 10.8 Å². The topological polar surface area (TPSA) is 58.3 Å². The molecule has 1 unspecified atom stereocenters. The zero-order valence-corrected chi connectivity index (χ0v) is 12.3. The predicted octanol–water partition coefficient (Wildman–Crippen LogP) is 3.30. The number of hydrogen-bond donors (Lipinski definition) is 3. The van der Waals surface area contributed by atoms with Crippen LogP contribution in [0.2, 0.25) is 0 Å². The normalized spacial score (nSPS) is 14.4. The number of aryl methyl sites for hydroxylation is 1. The Morgan fingerprint density at radius 3 is 2.65 bits per heavy atom. The van der Waals surface area contributed by atoms with E-state index < -0.39 is 0 Å². The number of hydrogen-bond acceptors (Lipinski definition) is 3. The van der Waals surface area contributed by atoms with Crippen LogP contribution in [0.3, 0.4) is 0 Å². The molecule has 0 aromatic heterocycles. The monoisotopic (exact) mass is 300 g/mol. The second-order valence-corrected chi connectivity index (χ2v) is 5.56. The minimum atomic E-state index is -0.0974. The number of nitrogens with one attached hydrogen (secondary N) is 1. The van der Waals surface area contributed by atoms with Crippen molar-refractivity contribution in [3.63, 3.8) is 0 Å². The number of aliphatic hydroxyl groups is 1. The van der Waals surface area contributed by atoms with Crippen molar-refractivity contribution in [3.8, 4) is 0 Å². The Morgan fingerprint density at radius 1 is 1.47 bits per heavy atom. The lowest BCUT2D eigenvalue weighted by Crippen LogP contribution is -2.35. The molecule has 0 bridgehead atoms. The number of benzene rings is 1. The fourth-order valence-electron chi connectivity index (χ4n) is 1.69. The van der Waals surface area contributed by atoms with Gasteiger partial charge in [0, 0.05) is 28.0 Å². The van der Waals surface area contributed by atoms with Crippen LogP contribution in [-0.4, -0.2) is 17.3 Å². The van der Waals surface area contributed by atoms with Crippen LogP contribution in [0.5, 0.6) is 0 Å². The zero-order valence-electron chi connectivity index (χ0n) is 10.7. The minimum Gasteiger partial charge on any atom is -0.398 e. The number of nitrogen functional groups attached to an aromatic ring is 1. The number of anilines is 2. The van der Waals surface area contributed by atoms with Crippen molar-refractivity contribution in [1.29, 1.82) is 0 Å². The molecule has 0 saturated heterocycles. The fraction of sp³-hybridized carbons (Fsp3) is 0.538. The number of rotatable bonds is 5. The van der Waals surface area contributed by atoms with Gasteiger partial charge in [-0.2, -0.15) is 0 Å². The molecule has 0 radical (unpaired) electrons. The molecule has 1 atom stereocenters. The molecule has 0 saturated carbocycles. The Hall–Kier alpha value is -0.740. The predicted molar refractivity (Wildman–Crippen MR) is 77.3 cm³/mol. The third kappa shape index (κ3) is 3.61. The van der Waals surface area contributed by atoms with Gasteiger partial charge >= 0.3 is 0 Å². The number of halogens is 1. The van der Waals surface area contributed by atoms with Gasteiger partial charge < -0.3 is 16.2 Å². The molecule has 0 spiro atoms. The summed E-state index contributed by atoms with van der Waals surface area (Å²) in [6.07, 6.45) is 1.67. The van der Waals surface area contributed by atoms with Crippen LogP contribution < -0.4 is 11.1 Å². The summed E-state index contributed by atoms with van der Waals surface area (Å²) in [6.45, 7) is 6.40. The van der Waals surface area contributed by atoms with Crippen LogP contribution in [0.15, 0.2) is 16.6 Å². The molecule has 3 nitrogen and oxygen atoms in total. The van der Waals surface area contributed by atoms with Crippen molar-refractivity contribution in [2.45, 2.75) is 39.2 Å². The fourth-order valence-corrected chi connectivity index (χ4v) is 2.15. The second kappa shape index (κ2) is 5.74. The van der Waals surface area contributed by atoms with Crippen LogP contribution in [0, 0.1) is 6.92 Å². The lowest BCUT2D eigenvalue weighted by Gasteiger charge is -2.31. The number of aliphatic hydroxyl groups excluding tert-OH is 1. The van der Waals surface area contributed by atoms with Crippen molar-refractivity contribution in [2.24, 2.45) is 0 Å². The van der Waals surface area contributed by atoms with E-state index in [2.05, 4.69) is 35.1 Å². The van der Waals surface area contributed by atoms with Gasteiger partial charge in [-0.15, -0.1) is 0 Å². The molecule has 17 heavy (non-hydrogen) atoms. The van der Waals surface area contributed by atoms with E-state index in [0.717, 1.165) is 34.3 Å². The van der Waals surface area contributed by atoms with E-state index in [1.807, 2.05) is 19.1 Å². The molecule has 1 aromatic carbocycles. The molecule has 0 aliphatic carbocycles.